The fourth-order valence-corrected chi connectivity index (χ4v) is 4.55. The molecule has 2 rings (SSSR count). The van der Waals surface area contributed by atoms with Crippen LogP contribution in [-0.2, 0) is 16.0 Å². The van der Waals surface area contributed by atoms with Gasteiger partial charge >= 0.3 is 0 Å². The number of amides is 1. The summed E-state index contributed by atoms with van der Waals surface area (Å²) in [6.45, 7) is 10.3. The van der Waals surface area contributed by atoms with E-state index in [9.17, 15) is 9.90 Å². The highest BCUT2D eigenvalue weighted by Gasteiger charge is 2.39. The van der Waals surface area contributed by atoms with Gasteiger partial charge in [0.25, 0.3) is 0 Å². The second-order valence-electron chi connectivity index (χ2n) is 11.3. The zero-order chi connectivity index (χ0) is 26.7. The smallest absolute Gasteiger partial charge is 0.223 e. The van der Waals surface area contributed by atoms with E-state index in [1.54, 1.807) is 14.2 Å². The Balaban J connectivity index is 1.92. The van der Waals surface area contributed by atoms with Crippen LogP contribution in [-0.4, -0.2) is 56.6 Å². The first kappa shape index (κ1) is 30.4. The first-order valence-electron chi connectivity index (χ1n) is 13.6. The molecule has 1 amide bonds. The lowest BCUT2D eigenvalue weighted by molar-refractivity contribution is -0.127. The van der Waals surface area contributed by atoms with E-state index in [0.29, 0.717) is 44.4 Å². The molecule has 4 N–H and O–H groups in total. The minimum atomic E-state index is -0.507. The Morgan fingerprint density at radius 1 is 1.08 bits per heavy atom. The highest BCUT2D eigenvalue weighted by Crippen LogP contribution is 2.33. The maximum Gasteiger partial charge on any atom is 0.223 e. The minimum Gasteiger partial charge on any atom is -0.493 e. The largest absolute Gasteiger partial charge is 0.493 e. The van der Waals surface area contributed by atoms with Gasteiger partial charge in [-0.3, -0.25) is 4.79 Å². The lowest BCUT2D eigenvalue weighted by atomic mass is 9.82. The SMILES string of the molecule is COCCCOc1cc(CC(CC[C@@H](O)CC(C(=O)NCC2(N)CC2)C(C)C)C(C)C)ccc1OC. The van der Waals surface area contributed by atoms with E-state index in [1.807, 2.05) is 19.9 Å². The van der Waals surface area contributed by atoms with Crippen LogP contribution in [0.5, 0.6) is 11.5 Å². The molecule has 7 nitrogen and oxygen atoms in total. The second-order valence-corrected chi connectivity index (χ2v) is 11.3. The van der Waals surface area contributed by atoms with Crippen LogP contribution in [0.15, 0.2) is 18.2 Å². The number of rotatable bonds is 18. The Labute approximate surface area is 218 Å². The number of nitrogens with one attached hydrogen (secondary N) is 1. The molecule has 1 saturated carbocycles. The van der Waals surface area contributed by atoms with E-state index in [4.69, 9.17) is 19.9 Å². The van der Waals surface area contributed by atoms with Crippen LogP contribution < -0.4 is 20.5 Å². The third kappa shape index (κ3) is 10.3. The van der Waals surface area contributed by atoms with Crippen molar-refractivity contribution >= 4 is 5.91 Å². The molecule has 1 aliphatic carbocycles. The van der Waals surface area contributed by atoms with Gasteiger partial charge in [-0.15, -0.1) is 0 Å². The molecule has 0 saturated heterocycles. The monoisotopic (exact) mass is 506 g/mol. The average Bonchev–Trinajstić information content (AvgIpc) is 3.58. The van der Waals surface area contributed by atoms with Crippen molar-refractivity contribution in [3.63, 3.8) is 0 Å². The van der Waals surface area contributed by atoms with Crippen molar-refractivity contribution in [1.29, 1.82) is 0 Å². The van der Waals surface area contributed by atoms with Gasteiger partial charge in [0.05, 0.1) is 19.8 Å². The number of carbonyl (C=O) groups is 1. The molecule has 1 aromatic rings. The van der Waals surface area contributed by atoms with Gasteiger partial charge in [-0.05, 0) is 74.0 Å². The first-order chi connectivity index (χ1) is 17.1. The molecule has 0 aromatic heterocycles. The quantitative estimate of drug-likeness (QED) is 0.256. The molecule has 0 heterocycles. The van der Waals surface area contributed by atoms with Crippen molar-refractivity contribution in [3.05, 3.63) is 23.8 Å². The Morgan fingerprint density at radius 3 is 2.39 bits per heavy atom. The topological polar surface area (TPSA) is 103 Å². The highest BCUT2D eigenvalue weighted by atomic mass is 16.5. The highest BCUT2D eigenvalue weighted by molar-refractivity contribution is 5.79. The zero-order valence-electron chi connectivity index (χ0n) is 23.3. The van der Waals surface area contributed by atoms with E-state index in [-0.39, 0.29) is 23.3 Å². The number of benzene rings is 1. The Kier molecular flexibility index (Phi) is 12.5. The number of aliphatic hydroxyl groups excluding tert-OH is 1. The van der Waals surface area contributed by atoms with E-state index in [2.05, 4.69) is 31.3 Å². The van der Waals surface area contributed by atoms with Gasteiger partial charge in [-0.25, -0.2) is 0 Å². The normalized spacial score (nSPS) is 17.1. The van der Waals surface area contributed by atoms with Crippen molar-refractivity contribution in [1.82, 2.24) is 5.32 Å². The van der Waals surface area contributed by atoms with Gasteiger partial charge in [-0.2, -0.15) is 0 Å². The molecule has 2 unspecified atom stereocenters. The van der Waals surface area contributed by atoms with Crippen molar-refractivity contribution < 1.29 is 24.1 Å². The van der Waals surface area contributed by atoms with Crippen LogP contribution in [0, 0.1) is 23.7 Å². The Bertz CT molecular complexity index is 794. The predicted octanol–water partition coefficient (Wildman–Crippen LogP) is 4.34. The third-order valence-corrected chi connectivity index (χ3v) is 7.46. The lowest BCUT2D eigenvalue weighted by Gasteiger charge is -2.26. The summed E-state index contributed by atoms with van der Waals surface area (Å²) >= 11 is 0. The van der Waals surface area contributed by atoms with Crippen LogP contribution in [0.3, 0.4) is 0 Å². The van der Waals surface area contributed by atoms with Gasteiger partial charge in [0.2, 0.25) is 5.91 Å². The maximum atomic E-state index is 12.8. The average molecular weight is 507 g/mol. The third-order valence-electron chi connectivity index (χ3n) is 7.46. The van der Waals surface area contributed by atoms with Crippen LogP contribution in [0.4, 0.5) is 0 Å². The summed E-state index contributed by atoms with van der Waals surface area (Å²) in [5.41, 5.74) is 7.11. The van der Waals surface area contributed by atoms with E-state index in [0.717, 1.165) is 43.6 Å². The summed E-state index contributed by atoms with van der Waals surface area (Å²) in [5.74, 6) is 2.33. The molecule has 0 radical (unpaired) electrons. The molecular weight excluding hydrogens is 456 g/mol. The molecule has 36 heavy (non-hydrogen) atoms. The molecule has 7 heteroatoms. The van der Waals surface area contributed by atoms with Crippen molar-refractivity contribution in [2.75, 3.05) is 34.0 Å². The van der Waals surface area contributed by atoms with Crippen LogP contribution in [0.1, 0.15) is 71.8 Å². The first-order valence-corrected chi connectivity index (χ1v) is 13.6. The molecule has 0 aliphatic heterocycles. The van der Waals surface area contributed by atoms with Crippen LogP contribution in [0.25, 0.3) is 0 Å². The molecule has 1 fully saturated rings. The fraction of sp³-hybridized carbons (Fsp3) is 0.759. The second kappa shape index (κ2) is 14.8. The Hall–Kier alpha value is -1.83. The summed E-state index contributed by atoms with van der Waals surface area (Å²) in [4.78, 5) is 12.8. The molecule has 3 atom stereocenters. The lowest BCUT2D eigenvalue weighted by Crippen LogP contribution is -2.43. The molecule has 1 aromatic carbocycles. The maximum absolute atomic E-state index is 12.8. The Morgan fingerprint density at radius 2 is 1.81 bits per heavy atom. The number of ether oxygens (including phenoxy) is 3. The van der Waals surface area contributed by atoms with Gasteiger partial charge in [0.15, 0.2) is 11.5 Å². The molecule has 1 aliphatic rings. The number of aliphatic hydroxyl groups is 1. The van der Waals surface area contributed by atoms with Crippen molar-refractivity contribution in [2.45, 2.75) is 84.3 Å². The molecule has 0 spiro atoms. The summed E-state index contributed by atoms with van der Waals surface area (Å²) in [7, 11) is 3.34. The van der Waals surface area contributed by atoms with Crippen molar-refractivity contribution in [2.24, 2.45) is 29.4 Å². The summed E-state index contributed by atoms with van der Waals surface area (Å²) in [6, 6.07) is 6.13. The van der Waals surface area contributed by atoms with Crippen LogP contribution >= 0.6 is 0 Å². The predicted molar refractivity (Wildman–Crippen MR) is 144 cm³/mol. The fourth-order valence-electron chi connectivity index (χ4n) is 4.55. The number of hydrogen-bond acceptors (Lipinski definition) is 6. The van der Waals surface area contributed by atoms with Gasteiger partial charge in [0, 0.05) is 38.1 Å². The summed E-state index contributed by atoms with van der Waals surface area (Å²) < 4.78 is 16.5. The molecule has 0 bridgehead atoms. The van der Waals surface area contributed by atoms with Gasteiger partial charge < -0.3 is 30.4 Å². The van der Waals surface area contributed by atoms with E-state index in [1.165, 1.54) is 5.56 Å². The number of hydrogen-bond donors (Lipinski definition) is 3. The number of methoxy groups -OCH3 is 2. The van der Waals surface area contributed by atoms with E-state index < -0.39 is 6.10 Å². The van der Waals surface area contributed by atoms with Crippen molar-refractivity contribution in [3.8, 4) is 11.5 Å². The number of nitrogens with two attached hydrogens (primary N) is 1. The molecule has 206 valence electrons. The minimum absolute atomic E-state index is 0.0115. The van der Waals surface area contributed by atoms with Crippen LogP contribution in [0.2, 0.25) is 0 Å². The van der Waals surface area contributed by atoms with Gasteiger partial charge in [0.1, 0.15) is 0 Å². The standard InChI is InChI=1S/C29H50N2O5/c1-20(2)23(16-22-8-11-26(35-6)27(17-22)36-15-7-14-34-5)9-10-24(32)18-25(21(3)4)28(33)31-19-29(30)12-13-29/h8,11,17,20-21,23-25,32H,7,9-10,12-16,18-19,30H2,1-6H3,(H,31,33)/t23?,24-,25?/m1/s1. The molecular formula is C29H50N2O5. The summed E-state index contributed by atoms with van der Waals surface area (Å²) in [5, 5.41) is 13.9. The summed E-state index contributed by atoms with van der Waals surface area (Å²) in [6.07, 6.45) is 5.20. The zero-order valence-corrected chi connectivity index (χ0v) is 23.3. The van der Waals surface area contributed by atoms with E-state index >= 15 is 0 Å². The van der Waals surface area contributed by atoms with Gasteiger partial charge in [-0.1, -0.05) is 33.8 Å². The number of carbonyl (C=O) groups excluding carboxylic acids is 1.